The summed E-state index contributed by atoms with van der Waals surface area (Å²) in [7, 11) is 0. The van der Waals surface area contributed by atoms with Crippen molar-refractivity contribution < 1.29 is 9.59 Å². The van der Waals surface area contributed by atoms with Crippen molar-refractivity contribution in [3.8, 4) is 0 Å². The number of nitrogens with zero attached hydrogens (tertiary/aromatic N) is 2. The minimum absolute atomic E-state index is 0.326. The van der Waals surface area contributed by atoms with E-state index in [2.05, 4.69) is 10.3 Å². The van der Waals surface area contributed by atoms with E-state index >= 15 is 0 Å². The number of likely N-dealkylation sites (tertiary alicyclic amines) is 1. The van der Waals surface area contributed by atoms with Crippen molar-refractivity contribution >= 4 is 29.2 Å². The largest absolute Gasteiger partial charge is 0.334 e. The molecule has 2 amide bonds. The second kappa shape index (κ2) is 5.14. The lowest BCUT2D eigenvalue weighted by Gasteiger charge is -2.14. The van der Waals surface area contributed by atoms with Gasteiger partial charge in [0.2, 0.25) is 0 Å². The van der Waals surface area contributed by atoms with Gasteiger partial charge in [0.05, 0.1) is 5.02 Å². The number of rotatable bonds is 1. The Morgan fingerprint density at radius 2 is 2.00 bits per heavy atom. The van der Waals surface area contributed by atoms with Gasteiger partial charge in [0.25, 0.3) is 0 Å². The van der Waals surface area contributed by atoms with Crippen LogP contribution in [0.25, 0.3) is 0 Å². The Kier molecular flexibility index (Phi) is 3.58. The number of aromatic nitrogens is 1. The molecule has 1 saturated heterocycles. The van der Waals surface area contributed by atoms with Gasteiger partial charge in [-0.05, 0) is 25.0 Å². The molecule has 90 valence electrons. The summed E-state index contributed by atoms with van der Waals surface area (Å²) >= 11 is 5.66. The second-order valence-electron chi connectivity index (χ2n) is 3.82. The third kappa shape index (κ3) is 2.94. The van der Waals surface area contributed by atoms with Gasteiger partial charge in [-0.3, -0.25) is 9.59 Å². The molecule has 1 N–H and O–H groups in total. The number of amides is 2. The zero-order valence-electron chi connectivity index (χ0n) is 9.15. The molecule has 1 aromatic heterocycles. The Morgan fingerprint density at radius 1 is 1.29 bits per heavy atom. The monoisotopic (exact) mass is 253 g/mol. The van der Waals surface area contributed by atoms with Crippen LogP contribution < -0.4 is 5.32 Å². The second-order valence-corrected chi connectivity index (χ2v) is 4.25. The van der Waals surface area contributed by atoms with E-state index < -0.39 is 11.8 Å². The van der Waals surface area contributed by atoms with Crippen LogP contribution in [-0.2, 0) is 9.59 Å². The minimum atomic E-state index is -0.651. The molecule has 0 spiro atoms. The molecule has 0 saturated carbocycles. The van der Waals surface area contributed by atoms with Crippen molar-refractivity contribution in [2.45, 2.75) is 12.8 Å². The highest BCUT2D eigenvalue weighted by atomic mass is 35.5. The molecule has 2 rings (SSSR count). The molecular formula is C11H12ClN3O2. The van der Waals surface area contributed by atoms with Gasteiger partial charge in [-0.1, -0.05) is 11.6 Å². The highest BCUT2D eigenvalue weighted by molar-refractivity contribution is 6.39. The Balaban J connectivity index is 1.96. The van der Waals surface area contributed by atoms with Crippen LogP contribution in [0.15, 0.2) is 18.3 Å². The summed E-state index contributed by atoms with van der Waals surface area (Å²) in [5.41, 5.74) is 0. The summed E-state index contributed by atoms with van der Waals surface area (Å²) < 4.78 is 0. The van der Waals surface area contributed by atoms with E-state index in [-0.39, 0.29) is 0 Å². The van der Waals surface area contributed by atoms with Gasteiger partial charge in [0.1, 0.15) is 5.82 Å². The molecule has 17 heavy (non-hydrogen) atoms. The van der Waals surface area contributed by atoms with E-state index in [1.54, 1.807) is 17.0 Å². The SMILES string of the molecule is O=C(Nc1ccc(Cl)cn1)C(=O)N1CCCC1. The van der Waals surface area contributed by atoms with Crippen LogP contribution >= 0.6 is 11.6 Å². The molecule has 6 heteroatoms. The zero-order valence-corrected chi connectivity index (χ0v) is 9.91. The molecule has 2 heterocycles. The molecule has 0 radical (unpaired) electrons. The van der Waals surface area contributed by atoms with Crippen molar-refractivity contribution in [1.82, 2.24) is 9.88 Å². The van der Waals surface area contributed by atoms with Gasteiger partial charge in [-0.25, -0.2) is 4.98 Å². The molecule has 0 bridgehead atoms. The van der Waals surface area contributed by atoms with Crippen LogP contribution in [0.1, 0.15) is 12.8 Å². The topological polar surface area (TPSA) is 62.3 Å². The maximum absolute atomic E-state index is 11.7. The Morgan fingerprint density at radius 3 is 2.59 bits per heavy atom. The standard InChI is InChI=1S/C11H12ClN3O2/c12-8-3-4-9(13-7-8)14-10(16)11(17)15-5-1-2-6-15/h3-4,7H,1-2,5-6H2,(H,13,14,16). The quantitative estimate of drug-likeness (QED) is 0.768. The first-order valence-corrected chi connectivity index (χ1v) is 5.76. The molecule has 0 aromatic carbocycles. The fourth-order valence-corrected chi connectivity index (χ4v) is 1.80. The molecule has 0 unspecified atom stereocenters. The lowest BCUT2D eigenvalue weighted by Crippen LogP contribution is -2.37. The number of hydrogen-bond acceptors (Lipinski definition) is 3. The number of pyridine rings is 1. The highest BCUT2D eigenvalue weighted by Gasteiger charge is 2.24. The zero-order chi connectivity index (χ0) is 12.3. The number of halogens is 1. The predicted octanol–water partition coefficient (Wildman–Crippen LogP) is 1.30. The third-order valence-electron chi connectivity index (χ3n) is 2.56. The maximum Gasteiger partial charge on any atom is 0.315 e. The Bertz CT molecular complexity index is 427. The van der Waals surface area contributed by atoms with Gasteiger partial charge < -0.3 is 10.2 Å². The van der Waals surface area contributed by atoms with E-state index in [9.17, 15) is 9.59 Å². The van der Waals surface area contributed by atoms with Crippen molar-refractivity contribution in [3.05, 3.63) is 23.4 Å². The fourth-order valence-electron chi connectivity index (χ4n) is 1.68. The summed E-state index contributed by atoms with van der Waals surface area (Å²) in [4.78, 5) is 28.7. The number of carbonyl (C=O) groups excluding carboxylic acids is 2. The first kappa shape index (κ1) is 11.9. The van der Waals surface area contributed by atoms with Crippen LogP contribution in [0.5, 0.6) is 0 Å². The Hall–Kier alpha value is -1.62. The van der Waals surface area contributed by atoms with E-state index in [0.717, 1.165) is 12.8 Å². The first-order chi connectivity index (χ1) is 8.16. The summed E-state index contributed by atoms with van der Waals surface area (Å²) in [6.45, 7) is 1.31. The van der Waals surface area contributed by atoms with E-state index in [4.69, 9.17) is 11.6 Å². The number of anilines is 1. The number of nitrogens with one attached hydrogen (secondary N) is 1. The van der Waals surface area contributed by atoms with Gasteiger partial charge in [0, 0.05) is 19.3 Å². The van der Waals surface area contributed by atoms with Crippen molar-refractivity contribution in [2.24, 2.45) is 0 Å². The smallest absolute Gasteiger partial charge is 0.315 e. The minimum Gasteiger partial charge on any atom is -0.334 e. The molecule has 1 aliphatic heterocycles. The van der Waals surface area contributed by atoms with Crippen LogP contribution in [0.2, 0.25) is 5.02 Å². The molecular weight excluding hydrogens is 242 g/mol. The van der Waals surface area contributed by atoms with Crippen molar-refractivity contribution in [3.63, 3.8) is 0 Å². The van der Waals surface area contributed by atoms with Crippen molar-refractivity contribution in [1.29, 1.82) is 0 Å². The summed E-state index contributed by atoms with van der Waals surface area (Å²) in [6.07, 6.45) is 3.33. The van der Waals surface area contributed by atoms with E-state index in [0.29, 0.717) is 23.9 Å². The average Bonchev–Trinajstić information content (AvgIpc) is 2.84. The first-order valence-electron chi connectivity index (χ1n) is 5.38. The molecule has 1 aliphatic rings. The van der Waals surface area contributed by atoms with Crippen LogP contribution in [-0.4, -0.2) is 34.8 Å². The normalized spacial score (nSPS) is 14.8. The van der Waals surface area contributed by atoms with E-state index in [1.165, 1.54) is 6.20 Å². The molecule has 0 aliphatic carbocycles. The number of hydrogen-bond donors (Lipinski definition) is 1. The molecule has 0 atom stereocenters. The molecule has 1 fully saturated rings. The lowest BCUT2D eigenvalue weighted by molar-refractivity contribution is -0.142. The molecule has 1 aromatic rings. The average molecular weight is 254 g/mol. The molecule has 5 nitrogen and oxygen atoms in total. The van der Waals surface area contributed by atoms with Gasteiger partial charge in [-0.2, -0.15) is 0 Å². The van der Waals surface area contributed by atoms with E-state index in [1.807, 2.05) is 0 Å². The summed E-state index contributed by atoms with van der Waals surface area (Å²) in [5, 5.41) is 2.93. The Labute approximate surface area is 104 Å². The predicted molar refractivity (Wildman–Crippen MR) is 63.7 cm³/mol. The van der Waals surface area contributed by atoms with Crippen molar-refractivity contribution in [2.75, 3.05) is 18.4 Å². The maximum atomic E-state index is 11.7. The van der Waals surface area contributed by atoms with Crippen LogP contribution in [0.4, 0.5) is 5.82 Å². The van der Waals surface area contributed by atoms with Gasteiger partial charge >= 0.3 is 11.8 Å². The highest BCUT2D eigenvalue weighted by Crippen LogP contribution is 2.11. The summed E-state index contributed by atoms with van der Waals surface area (Å²) in [6, 6.07) is 3.15. The fraction of sp³-hybridized carbons (Fsp3) is 0.364. The third-order valence-corrected chi connectivity index (χ3v) is 2.78. The van der Waals surface area contributed by atoms with Gasteiger partial charge in [-0.15, -0.1) is 0 Å². The summed E-state index contributed by atoms with van der Waals surface area (Å²) in [5.74, 6) is -0.826. The van der Waals surface area contributed by atoms with Crippen LogP contribution in [0, 0.1) is 0 Å². The van der Waals surface area contributed by atoms with Gasteiger partial charge in [0.15, 0.2) is 0 Å². The van der Waals surface area contributed by atoms with Crippen LogP contribution in [0.3, 0.4) is 0 Å². The number of carbonyl (C=O) groups is 2. The lowest BCUT2D eigenvalue weighted by atomic mass is 10.4.